The second kappa shape index (κ2) is 9.15. The van der Waals surface area contributed by atoms with Crippen molar-refractivity contribution in [2.75, 3.05) is 20.3 Å². The number of amides is 4. The minimum Gasteiger partial charge on any atom is -0.490 e. The van der Waals surface area contributed by atoms with Gasteiger partial charge in [-0.3, -0.25) is 34.9 Å². The number of carbonyl (C=O) groups excluding carboxylic acids is 4. The van der Waals surface area contributed by atoms with Gasteiger partial charge < -0.3 is 9.47 Å². The molecular formula is C21H27N3O6. The first-order chi connectivity index (χ1) is 14.3. The second-order valence-corrected chi connectivity index (χ2v) is 7.65. The number of rotatable bonds is 6. The SMILES string of the molecule is CCOc1ccccc1OCC(=O)NNC(=O)[C@@H]1[C@H]2C(=O)N(C)C(=O)[C@@H]2CC[C@H]1C. The summed E-state index contributed by atoms with van der Waals surface area (Å²) in [5.41, 5.74) is 4.71. The average molecular weight is 417 g/mol. The van der Waals surface area contributed by atoms with Crippen molar-refractivity contribution in [3.05, 3.63) is 24.3 Å². The predicted octanol–water partition coefficient (Wildman–Crippen LogP) is 0.889. The number of likely N-dealkylation sites (tertiary alicyclic amines) is 1. The van der Waals surface area contributed by atoms with Crippen LogP contribution in [-0.4, -0.2) is 48.8 Å². The fourth-order valence-electron chi connectivity index (χ4n) is 4.25. The van der Waals surface area contributed by atoms with E-state index in [0.717, 1.165) is 4.90 Å². The average Bonchev–Trinajstić information content (AvgIpc) is 2.95. The molecule has 1 saturated heterocycles. The Labute approximate surface area is 175 Å². The molecule has 1 aliphatic heterocycles. The summed E-state index contributed by atoms with van der Waals surface area (Å²) >= 11 is 0. The molecule has 9 nitrogen and oxygen atoms in total. The molecule has 162 valence electrons. The summed E-state index contributed by atoms with van der Waals surface area (Å²) in [7, 11) is 1.45. The van der Waals surface area contributed by atoms with Gasteiger partial charge >= 0.3 is 0 Å². The number of para-hydroxylation sites is 2. The minimum atomic E-state index is -0.683. The van der Waals surface area contributed by atoms with Crippen LogP contribution in [0.3, 0.4) is 0 Å². The summed E-state index contributed by atoms with van der Waals surface area (Å²) < 4.78 is 10.9. The molecule has 1 saturated carbocycles. The highest BCUT2D eigenvalue weighted by Gasteiger charge is 2.55. The van der Waals surface area contributed by atoms with Crippen LogP contribution in [0.1, 0.15) is 26.7 Å². The van der Waals surface area contributed by atoms with Crippen LogP contribution in [0, 0.1) is 23.7 Å². The van der Waals surface area contributed by atoms with Crippen LogP contribution < -0.4 is 20.3 Å². The van der Waals surface area contributed by atoms with Gasteiger partial charge in [0.1, 0.15) is 0 Å². The van der Waals surface area contributed by atoms with Crippen molar-refractivity contribution in [2.45, 2.75) is 26.7 Å². The van der Waals surface area contributed by atoms with Gasteiger partial charge in [0, 0.05) is 7.05 Å². The summed E-state index contributed by atoms with van der Waals surface area (Å²) in [5.74, 6) is -2.57. The van der Waals surface area contributed by atoms with Gasteiger partial charge in [-0.05, 0) is 37.8 Å². The van der Waals surface area contributed by atoms with E-state index in [2.05, 4.69) is 10.9 Å². The first-order valence-corrected chi connectivity index (χ1v) is 10.1. The van der Waals surface area contributed by atoms with Crippen LogP contribution in [-0.2, 0) is 19.2 Å². The van der Waals surface area contributed by atoms with Gasteiger partial charge in [0.15, 0.2) is 18.1 Å². The molecule has 4 amide bonds. The van der Waals surface area contributed by atoms with Crippen molar-refractivity contribution < 1.29 is 28.7 Å². The van der Waals surface area contributed by atoms with Gasteiger partial charge in [0.25, 0.3) is 5.91 Å². The number of hydrogen-bond acceptors (Lipinski definition) is 6. The zero-order valence-corrected chi connectivity index (χ0v) is 17.3. The highest BCUT2D eigenvalue weighted by atomic mass is 16.5. The summed E-state index contributed by atoms with van der Waals surface area (Å²) in [4.78, 5) is 50.8. The third kappa shape index (κ3) is 4.24. The first-order valence-electron chi connectivity index (χ1n) is 10.1. The predicted molar refractivity (Wildman–Crippen MR) is 106 cm³/mol. The summed E-state index contributed by atoms with van der Waals surface area (Å²) in [6.45, 7) is 3.86. The largest absolute Gasteiger partial charge is 0.490 e. The number of ether oxygens (including phenoxy) is 2. The zero-order chi connectivity index (χ0) is 21.8. The molecule has 4 atom stereocenters. The van der Waals surface area contributed by atoms with Gasteiger partial charge in [-0.15, -0.1) is 0 Å². The lowest BCUT2D eigenvalue weighted by molar-refractivity contribution is -0.142. The van der Waals surface area contributed by atoms with Gasteiger partial charge in [-0.1, -0.05) is 19.1 Å². The van der Waals surface area contributed by atoms with E-state index < -0.39 is 29.6 Å². The Balaban J connectivity index is 1.56. The van der Waals surface area contributed by atoms with Crippen LogP contribution in [0.15, 0.2) is 24.3 Å². The van der Waals surface area contributed by atoms with E-state index in [1.165, 1.54) is 7.05 Å². The molecule has 0 radical (unpaired) electrons. The van der Waals surface area contributed by atoms with E-state index in [9.17, 15) is 19.2 Å². The summed E-state index contributed by atoms with van der Waals surface area (Å²) in [5, 5.41) is 0. The number of carbonyl (C=O) groups is 4. The molecule has 2 aliphatic rings. The van der Waals surface area contributed by atoms with E-state index in [0.29, 0.717) is 30.9 Å². The van der Waals surface area contributed by atoms with E-state index in [1.54, 1.807) is 24.3 Å². The lowest BCUT2D eigenvalue weighted by Crippen LogP contribution is -2.51. The molecule has 1 aromatic rings. The van der Waals surface area contributed by atoms with Gasteiger partial charge in [-0.25, -0.2) is 0 Å². The van der Waals surface area contributed by atoms with E-state index in [-0.39, 0.29) is 24.3 Å². The molecule has 1 aromatic carbocycles. The van der Waals surface area contributed by atoms with E-state index >= 15 is 0 Å². The maximum absolute atomic E-state index is 12.8. The molecule has 0 aromatic heterocycles. The monoisotopic (exact) mass is 417 g/mol. The molecule has 0 spiro atoms. The van der Waals surface area contributed by atoms with E-state index in [1.807, 2.05) is 13.8 Å². The fraction of sp³-hybridized carbons (Fsp3) is 0.524. The Morgan fingerprint density at radius 3 is 2.40 bits per heavy atom. The van der Waals surface area contributed by atoms with Crippen LogP contribution in [0.5, 0.6) is 11.5 Å². The minimum absolute atomic E-state index is 0.0827. The molecular weight excluding hydrogens is 390 g/mol. The smallest absolute Gasteiger partial charge is 0.276 e. The van der Waals surface area contributed by atoms with Crippen molar-refractivity contribution in [1.29, 1.82) is 0 Å². The second-order valence-electron chi connectivity index (χ2n) is 7.65. The van der Waals surface area contributed by atoms with Gasteiger partial charge in [0.2, 0.25) is 17.7 Å². The van der Waals surface area contributed by atoms with Crippen LogP contribution in [0.25, 0.3) is 0 Å². The number of nitrogens with zero attached hydrogens (tertiary/aromatic N) is 1. The molecule has 9 heteroatoms. The topological polar surface area (TPSA) is 114 Å². The maximum Gasteiger partial charge on any atom is 0.276 e. The number of nitrogens with one attached hydrogen (secondary N) is 2. The number of fused-ring (bicyclic) bond motifs is 1. The number of imide groups is 1. The Morgan fingerprint density at radius 2 is 1.73 bits per heavy atom. The lowest BCUT2D eigenvalue weighted by atomic mass is 9.68. The molecule has 2 fully saturated rings. The summed E-state index contributed by atoms with van der Waals surface area (Å²) in [6.07, 6.45) is 1.25. The number of hydrazine groups is 1. The maximum atomic E-state index is 12.8. The van der Waals surface area contributed by atoms with Gasteiger partial charge in [0.05, 0.1) is 24.4 Å². The quantitative estimate of drug-likeness (QED) is 0.525. The fourth-order valence-corrected chi connectivity index (χ4v) is 4.25. The highest BCUT2D eigenvalue weighted by molar-refractivity contribution is 6.07. The highest BCUT2D eigenvalue weighted by Crippen LogP contribution is 2.44. The van der Waals surface area contributed by atoms with Crippen molar-refractivity contribution in [1.82, 2.24) is 15.8 Å². The Hall–Kier alpha value is -3.10. The summed E-state index contributed by atoms with van der Waals surface area (Å²) in [6, 6.07) is 6.97. The van der Waals surface area contributed by atoms with Gasteiger partial charge in [-0.2, -0.15) is 0 Å². The normalized spacial score (nSPS) is 25.5. The van der Waals surface area contributed by atoms with Crippen molar-refractivity contribution >= 4 is 23.6 Å². The Bertz CT molecular complexity index is 842. The molecule has 30 heavy (non-hydrogen) atoms. The zero-order valence-electron chi connectivity index (χ0n) is 17.3. The van der Waals surface area contributed by atoms with Crippen molar-refractivity contribution in [3.63, 3.8) is 0 Å². The lowest BCUT2D eigenvalue weighted by Gasteiger charge is -2.34. The van der Waals surface area contributed by atoms with Crippen molar-refractivity contribution in [3.8, 4) is 11.5 Å². The van der Waals surface area contributed by atoms with E-state index in [4.69, 9.17) is 9.47 Å². The third-order valence-electron chi connectivity index (χ3n) is 5.77. The Kier molecular flexibility index (Phi) is 6.59. The van der Waals surface area contributed by atoms with Crippen LogP contribution >= 0.6 is 0 Å². The molecule has 2 N–H and O–H groups in total. The molecule has 1 aliphatic carbocycles. The molecule has 1 heterocycles. The Morgan fingerprint density at radius 1 is 1.07 bits per heavy atom. The third-order valence-corrected chi connectivity index (χ3v) is 5.77. The molecule has 0 bridgehead atoms. The standard InChI is InChI=1S/C21H27N3O6/c1-4-29-14-7-5-6-8-15(14)30-11-16(25)22-23-19(26)17-12(2)9-10-13-18(17)21(28)24(3)20(13)27/h5-8,12-13,17-18H,4,9-11H2,1-3H3,(H,22,25)(H,23,26)/t12-,13-,17+,18+/m1/s1. The number of hydrogen-bond donors (Lipinski definition) is 2. The molecule has 3 rings (SSSR count). The number of benzene rings is 1. The van der Waals surface area contributed by atoms with Crippen LogP contribution in [0.4, 0.5) is 0 Å². The van der Waals surface area contributed by atoms with Crippen molar-refractivity contribution in [2.24, 2.45) is 23.7 Å². The molecule has 0 unspecified atom stereocenters. The van der Waals surface area contributed by atoms with Crippen LogP contribution in [0.2, 0.25) is 0 Å². The first kappa shape index (κ1) is 21.6.